The number of β-lactam (4-membered cyclic amide) rings is 1. The Labute approximate surface area is 181 Å². The van der Waals surface area contributed by atoms with Crippen molar-refractivity contribution in [3.8, 4) is 0 Å². The van der Waals surface area contributed by atoms with Gasteiger partial charge in [0.05, 0.1) is 16.7 Å². The van der Waals surface area contributed by atoms with Gasteiger partial charge in [0.2, 0.25) is 5.91 Å². The maximum atomic E-state index is 12.8. The molecule has 1 fully saturated rings. The highest BCUT2D eigenvalue weighted by molar-refractivity contribution is 8.04. The Morgan fingerprint density at radius 3 is 2.60 bits per heavy atom. The van der Waals surface area contributed by atoms with Crippen LogP contribution in [0.5, 0.6) is 0 Å². The fourth-order valence-corrected chi connectivity index (χ4v) is 5.62. The van der Waals surface area contributed by atoms with Crippen LogP contribution in [0.4, 0.5) is 5.69 Å². The van der Waals surface area contributed by atoms with Crippen LogP contribution in [0.2, 0.25) is 0 Å². The molecule has 1 unspecified atom stereocenters. The fourth-order valence-electron chi connectivity index (χ4n) is 3.20. The van der Waals surface area contributed by atoms with Crippen molar-refractivity contribution in [1.82, 2.24) is 4.90 Å². The molecule has 154 valence electrons. The number of carbonyl (C=O) groups is 2. The molecular formula is C21H18N2O5S2. The Kier molecular flexibility index (Phi) is 6.10. The zero-order valence-electron chi connectivity index (χ0n) is 15.9. The van der Waals surface area contributed by atoms with Gasteiger partial charge in [-0.25, -0.2) is 4.79 Å². The maximum Gasteiger partial charge on any atom is 0.356 e. The summed E-state index contributed by atoms with van der Waals surface area (Å²) >= 11 is 3.26. The van der Waals surface area contributed by atoms with Crippen molar-refractivity contribution in [2.24, 2.45) is 0 Å². The van der Waals surface area contributed by atoms with Crippen LogP contribution >= 0.6 is 23.5 Å². The van der Waals surface area contributed by atoms with Gasteiger partial charge in [-0.05, 0) is 36.2 Å². The highest BCUT2D eigenvalue weighted by Crippen LogP contribution is 2.48. The van der Waals surface area contributed by atoms with E-state index in [9.17, 15) is 19.7 Å². The summed E-state index contributed by atoms with van der Waals surface area (Å²) < 4.78 is 5.43. The largest absolute Gasteiger partial charge is 0.456 e. The van der Waals surface area contributed by atoms with E-state index < -0.39 is 10.9 Å². The lowest BCUT2D eigenvalue weighted by Crippen LogP contribution is -2.48. The minimum Gasteiger partial charge on any atom is -0.456 e. The molecule has 1 atom stereocenters. The molecule has 2 heterocycles. The molecule has 0 N–H and O–H groups in total. The predicted molar refractivity (Wildman–Crippen MR) is 115 cm³/mol. The van der Waals surface area contributed by atoms with Crippen molar-refractivity contribution < 1.29 is 19.2 Å². The number of hydrogen-bond donors (Lipinski definition) is 0. The third-order valence-electron chi connectivity index (χ3n) is 4.74. The van der Waals surface area contributed by atoms with Crippen molar-refractivity contribution in [3.63, 3.8) is 0 Å². The summed E-state index contributed by atoms with van der Waals surface area (Å²) in [4.78, 5) is 38.6. The summed E-state index contributed by atoms with van der Waals surface area (Å²) in [6.45, 7) is -0.0102. The third kappa shape index (κ3) is 4.36. The molecule has 0 aromatic heterocycles. The van der Waals surface area contributed by atoms with Crippen molar-refractivity contribution in [2.75, 3.05) is 5.75 Å². The topological polar surface area (TPSA) is 89.7 Å². The standard InChI is InChI=1S/C21H18N2O5S2/c24-18-12-19-22(18)20(17(30-19)10-11-29-16-4-2-1-3-5-16)21(25)28-13-14-6-8-15(9-7-14)23(26)27/h1-9,19H,10-13H2. The van der Waals surface area contributed by atoms with E-state index in [-0.39, 0.29) is 23.6 Å². The molecule has 9 heteroatoms. The van der Waals surface area contributed by atoms with Gasteiger partial charge in [-0.3, -0.25) is 19.8 Å². The van der Waals surface area contributed by atoms with E-state index in [0.29, 0.717) is 24.1 Å². The van der Waals surface area contributed by atoms with Gasteiger partial charge in [0.25, 0.3) is 5.69 Å². The molecular weight excluding hydrogens is 424 g/mol. The highest BCUT2D eigenvalue weighted by atomic mass is 32.2. The lowest BCUT2D eigenvalue weighted by molar-refractivity contribution is -0.384. The van der Waals surface area contributed by atoms with Gasteiger partial charge in [0, 0.05) is 27.7 Å². The molecule has 30 heavy (non-hydrogen) atoms. The van der Waals surface area contributed by atoms with Crippen LogP contribution in [0.25, 0.3) is 0 Å². The van der Waals surface area contributed by atoms with Crippen LogP contribution in [0.1, 0.15) is 18.4 Å². The number of thioether (sulfide) groups is 2. The number of fused-ring (bicyclic) bond motifs is 1. The Morgan fingerprint density at radius 1 is 1.20 bits per heavy atom. The average Bonchev–Trinajstić information content (AvgIpc) is 3.05. The number of non-ortho nitro benzene ring substituents is 1. The quantitative estimate of drug-likeness (QED) is 0.197. The second-order valence-corrected chi connectivity index (χ2v) is 9.16. The number of carbonyl (C=O) groups excluding carboxylic acids is 2. The van der Waals surface area contributed by atoms with E-state index in [1.54, 1.807) is 35.7 Å². The number of rotatable bonds is 8. The van der Waals surface area contributed by atoms with Gasteiger partial charge < -0.3 is 4.74 Å². The van der Waals surface area contributed by atoms with E-state index in [1.165, 1.54) is 17.0 Å². The Balaban J connectivity index is 1.41. The normalized spacial score (nSPS) is 17.5. The smallest absolute Gasteiger partial charge is 0.356 e. The van der Waals surface area contributed by atoms with Crippen molar-refractivity contribution in [1.29, 1.82) is 0 Å². The van der Waals surface area contributed by atoms with Gasteiger partial charge in [-0.1, -0.05) is 18.2 Å². The SMILES string of the molecule is O=C(OCc1ccc([N+](=O)[O-])cc1)C1=C(CCSc2ccccc2)SC2CC(=O)N12. The molecule has 2 aliphatic heterocycles. The van der Waals surface area contributed by atoms with Gasteiger partial charge >= 0.3 is 5.97 Å². The number of benzene rings is 2. The molecule has 0 bridgehead atoms. The van der Waals surface area contributed by atoms with Gasteiger partial charge in [0.15, 0.2) is 0 Å². The first-order valence-electron chi connectivity index (χ1n) is 9.33. The van der Waals surface area contributed by atoms with E-state index in [4.69, 9.17) is 4.74 Å². The van der Waals surface area contributed by atoms with Crippen molar-refractivity contribution >= 4 is 41.1 Å². The van der Waals surface area contributed by atoms with Crippen LogP contribution in [0, 0.1) is 10.1 Å². The molecule has 1 saturated heterocycles. The van der Waals surface area contributed by atoms with Crippen LogP contribution in [-0.4, -0.2) is 32.8 Å². The molecule has 2 aromatic carbocycles. The van der Waals surface area contributed by atoms with Crippen LogP contribution in [-0.2, 0) is 20.9 Å². The number of amides is 1. The number of nitrogens with zero attached hydrogens (tertiary/aromatic N) is 2. The summed E-state index contributed by atoms with van der Waals surface area (Å²) in [7, 11) is 0. The Morgan fingerprint density at radius 2 is 1.93 bits per heavy atom. The van der Waals surface area contributed by atoms with Crippen molar-refractivity contribution in [3.05, 3.63) is 80.9 Å². The molecule has 7 nitrogen and oxygen atoms in total. The highest BCUT2D eigenvalue weighted by Gasteiger charge is 2.48. The first-order valence-corrected chi connectivity index (χ1v) is 11.2. The number of hydrogen-bond acceptors (Lipinski definition) is 7. The predicted octanol–water partition coefficient (Wildman–Crippen LogP) is 4.34. The summed E-state index contributed by atoms with van der Waals surface area (Å²) in [5.74, 6) is 0.192. The minimum absolute atomic E-state index is 0.0102. The van der Waals surface area contributed by atoms with Gasteiger partial charge in [-0.15, -0.1) is 23.5 Å². The van der Waals surface area contributed by atoms with E-state index in [0.717, 1.165) is 15.6 Å². The molecule has 2 aliphatic rings. The monoisotopic (exact) mass is 442 g/mol. The molecule has 0 aliphatic carbocycles. The summed E-state index contributed by atoms with van der Waals surface area (Å²) in [6.07, 6.45) is 1.10. The first kappa shape index (κ1) is 20.5. The summed E-state index contributed by atoms with van der Waals surface area (Å²) in [5, 5.41) is 10.7. The Bertz CT molecular complexity index is 1010. The molecule has 0 spiro atoms. The average molecular weight is 443 g/mol. The third-order valence-corrected chi connectivity index (χ3v) is 7.09. The molecule has 4 rings (SSSR count). The van der Waals surface area contributed by atoms with E-state index in [2.05, 4.69) is 0 Å². The van der Waals surface area contributed by atoms with Crippen molar-refractivity contribution in [2.45, 2.75) is 29.7 Å². The fraction of sp³-hybridized carbons (Fsp3) is 0.238. The van der Waals surface area contributed by atoms with Crippen LogP contribution < -0.4 is 0 Å². The Hall–Kier alpha value is -2.78. The molecule has 1 amide bonds. The number of allylic oxidation sites excluding steroid dienone is 1. The van der Waals surface area contributed by atoms with Crippen LogP contribution in [0.3, 0.4) is 0 Å². The maximum absolute atomic E-state index is 12.8. The summed E-state index contributed by atoms with van der Waals surface area (Å²) in [6, 6.07) is 15.9. The van der Waals surface area contributed by atoms with E-state index in [1.807, 2.05) is 30.3 Å². The number of nitro benzene ring substituents is 1. The summed E-state index contributed by atoms with van der Waals surface area (Å²) in [5.41, 5.74) is 0.969. The molecule has 0 saturated carbocycles. The molecule has 0 radical (unpaired) electrons. The van der Waals surface area contributed by atoms with Gasteiger partial charge in [-0.2, -0.15) is 0 Å². The second-order valence-electron chi connectivity index (χ2n) is 6.72. The molecule has 2 aromatic rings. The first-order chi connectivity index (χ1) is 14.5. The van der Waals surface area contributed by atoms with Gasteiger partial charge in [0.1, 0.15) is 12.3 Å². The number of ether oxygens (including phenoxy) is 1. The minimum atomic E-state index is -0.531. The van der Waals surface area contributed by atoms with Crippen LogP contribution in [0.15, 0.2) is 70.1 Å². The number of nitro groups is 1. The number of esters is 1. The lowest BCUT2D eigenvalue weighted by Gasteiger charge is -2.34. The zero-order valence-corrected chi connectivity index (χ0v) is 17.5. The lowest BCUT2D eigenvalue weighted by atomic mass is 10.1. The zero-order chi connectivity index (χ0) is 21.1. The van der Waals surface area contributed by atoms with E-state index >= 15 is 0 Å². The second kappa shape index (κ2) is 8.93.